The van der Waals surface area contributed by atoms with Gasteiger partial charge in [0.2, 0.25) is 0 Å². The summed E-state index contributed by atoms with van der Waals surface area (Å²) in [5.74, 6) is -1.55. The zero-order chi connectivity index (χ0) is 16.0. The molecule has 1 aliphatic rings. The second kappa shape index (κ2) is 7.60. The molecule has 0 spiro atoms. The van der Waals surface area contributed by atoms with E-state index in [1.807, 2.05) is 6.92 Å². The van der Waals surface area contributed by atoms with Crippen LogP contribution in [0.5, 0.6) is 0 Å². The molecule has 0 radical (unpaired) electrons. The van der Waals surface area contributed by atoms with Crippen molar-refractivity contribution in [2.45, 2.75) is 44.4 Å². The number of ether oxygens (including phenoxy) is 1. The molecule has 0 aromatic heterocycles. The number of sulfone groups is 1. The number of carboxylic acid groups (broad SMARTS) is 1. The van der Waals surface area contributed by atoms with Crippen LogP contribution in [0.3, 0.4) is 0 Å². The van der Waals surface area contributed by atoms with Crippen LogP contribution in [0.25, 0.3) is 0 Å². The maximum Gasteiger partial charge on any atom is 0.326 e. The van der Waals surface area contributed by atoms with Crippen molar-refractivity contribution in [3.05, 3.63) is 0 Å². The summed E-state index contributed by atoms with van der Waals surface area (Å²) in [4.78, 5) is 22.8. The van der Waals surface area contributed by atoms with Crippen LogP contribution in [0, 0.1) is 0 Å². The third-order valence-corrected chi connectivity index (χ3v) is 4.18. The molecule has 2 amide bonds. The molecule has 1 fully saturated rings. The molecule has 3 unspecified atom stereocenters. The fourth-order valence-electron chi connectivity index (χ4n) is 2.10. The zero-order valence-electron chi connectivity index (χ0n) is 12.2. The molecule has 1 saturated heterocycles. The topological polar surface area (TPSA) is 122 Å². The van der Waals surface area contributed by atoms with Crippen molar-refractivity contribution in [2.75, 3.05) is 18.6 Å². The normalized spacial score (nSPS) is 24.1. The second-order valence-electron chi connectivity index (χ2n) is 5.33. The van der Waals surface area contributed by atoms with E-state index in [9.17, 15) is 18.0 Å². The Morgan fingerprint density at radius 2 is 2.10 bits per heavy atom. The Labute approximate surface area is 124 Å². The standard InChI is InChI=1S/C12H22N2O6S/c1-8-7-9(3-5-20-8)13-12(17)14-10(11(15)16)4-6-21(2,18)19/h8-10H,3-7H2,1-2H3,(H,15,16)(H2,13,14,17). The first kappa shape index (κ1) is 17.7. The van der Waals surface area contributed by atoms with E-state index in [0.29, 0.717) is 19.4 Å². The minimum absolute atomic E-state index is 0.0459. The van der Waals surface area contributed by atoms with Crippen LogP contribution in [0.15, 0.2) is 0 Å². The molecule has 122 valence electrons. The highest BCUT2D eigenvalue weighted by Crippen LogP contribution is 2.12. The minimum atomic E-state index is -3.27. The van der Waals surface area contributed by atoms with Gasteiger partial charge in [0.25, 0.3) is 0 Å². The number of carbonyl (C=O) groups is 2. The SMILES string of the molecule is CC1CC(NC(=O)NC(CCS(C)(=O)=O)C(=O)O)CCO1. The fourth-order valence-corrected chi connectivity index (χ4v) is 2.77. The number of urea groups is 1. The summed E-state index contributed by atoms with van der Waals surface area (Å²) in [5.41, 5.74) is 0. The Hall–Kier alpha value is -1.35. The summed E-state index contributed by atoms with van der Waals surface area (Å²) in [6.45, 7) is 2.44. The van der Waals surface area contributed by atoms with Crippen molar-refractivity contribution in [2.24, 2.45) is 0 Å². The number of nitrogens with one attached hydrogen (secondary N) is 2. The lowest BCUT2D eigenvalue weighted by molar-refractivity contribution is -0.139. The quantitative estimate of drug-likeness (QED) is 0.619. The van der Waals surface area contributed by atoms with Gasteiger partial charge in [-0.3, -0.25) is 0 Å². The number of hydrogen-bond acceptors (Lipinski definition) is 5. The van der Waals surface area contributed by atoms with Crippen molar-refractivity contribution in [1.29, 1.82) is 0 Å². The van der Waals surface area contributed by atoms with Gasteiger partial charge in [0.05, 0.1) is 11.9 Å². The predicted octanol–water partition coefficient (Wildman–Crippen LogP) is -0.259. The molecule has 1 heterocycles. The highest BCUT2D eigenvalue weighted by atomic mass is 32.2. The molecule has 1 aliphatic heterocycles. The van der Waals surface area contributed by atoms with Gasteiger partial charge in [-0.1, -0.05) is 0 Å². The van der Waals surface area contributed by atoms with Gasteiger partial charge < -0.3 is 20.5 Å². The Bertz CT molecular complexity index is 478. The van der Waals surface area contributed by atoms with Gasteiger partial charge in [-0.15, -0.1) is 0 Å². The smallest absolute Gasteiger partial charge is 0.326 e. The molecule has 3 N–H and O–H groups in total. The van der Waals surface area contributed by atoms with E-state index >= 15 is 0 Å². The number of hydrogen-bond donors (Lipinski definition) is 3. The lowest BCUT2D eigenvalue weighted by Crippen LogP contribution is -2.51. The molecule has 3 atom stereocenters. The average Bonchev–Trinajstić information content (AvgIpc) is 2.32. The molecular weight excluding hydrogens is 300 g/mol. The number of carboxylic acids is 1. The van der Waals surface area contributed by atoms with Crippen LogP contribution in [-0.4, -0.2) is 62.3 Å². The molecule has 0 saturated carbocycles. The largest absolute Gasteiger partial charge is 0.480 e. The minimum Gasteiger partial charge on any atom is -0.480 e. The second-order valence-corrected chi connectivity index (χ2v) is 7.59. The molecule has 0 aromatic rings. The molecule has 0 bridgehead atoms. The first-order valence-electron chi connectivity index (χ1n) is 6.76. The number of aliphatic carboxylic acids is 1. The lowest BCUT2D eigenvalue weighted by atomic mass is 10.0. The van der Waals surface area contributed by atoms with Crippen molar-refractivity contribution in [3.8, 4) is 0 Å². The third-order valence-electron chi connectivity index (χ3n) is 3.20. The van der Waals surface area contributed by atoms with Crippen LogP contribution < -0.4 is 10.6 Å². The number of carbonyl (C=O) groups excluding carboxylic acids is 1. The lowest BCUT2D eigenvalue weighted by Gasteiger charge is -2.28. The van der Waals surface area contributed by atoms with Gasteiger partial charge >= 0.3 is 12.0 Å². The van der Waals surface area contributed by atoms with Gasteiger partial charge in [0, 0.05) is 18.9 Å². The summed E-state index contributed by atoms with van der Waals surface area (Å²) in [7, 11) is -3.27. The van der Waals surface area contributed by atoms with Gasteiger partial charge in [0.1, 0.15) is 15.9 Å². The van der Waals surface area contributed by atoms with E-state index in [4.69, 9.17) is 9.84 Å². The fraction of sp³-hybridized carbons (Fsp3) is 0.833. The summed E-state index contributed by atoms with van der Waals surface area (Å²) in [6, 6.07) is -1.90. The van der Waals surface area contributed by atoms with Gasteiger partial charge in [0.15, 0.2) is 0 Å². The molecule has 0 aliphatic carbocycles. The monoisotopic (exact) mass is 322 g/mol. The summed E-state index contributed by atoms with van der Waals surface area (Å²) >= 11 is 0. The molecule has 1 rings (SSSR count). The Morgan fingerprint density at radius 1 is 1.43 bits per heavy atom. The number of rotatable bonds is 6. The third kappa shape index (κ3) is 7.28. The van der Waals surface area contributed by atoms with Gasteiger partial charge in [-0.25, -0.2) is 18.0 Å². The van der Waals surface area contributed by atoms with Crippen LogP contribution in [0.4, 0.5) is 4.79 Å². The highest BCUT2D eigenvalue weighted by molar-refractivity contribution is 7.90. The molecule has 9 heteroatoms. The van der Waals surface area contributed by atoms with Crippen LogP contribution in [0.1, 0.15) is 26.2 Å². The van der Waals surface area contributed by atoms with Crippen molar-refractivity contribution in [1.82, 2.24) is 10.6 Å². The predicted molar refractivity (Wildman–Crippen MR) is 75.9 cm³/mol. The van der Waals surface area contributed by atoms with Gasteiger partial charge in [-0.2, -0.15) is 0 Å². The van der Waals surface area contributed by atoms with E-state index < -0.39 is 27.9 Å². The maximum absolute atomic E-state index is 11.8. The molecule has 0 aromatic carbocycles. The van der Waals surface area contributed by atoms with E-state index in [2.05, 4.69) is 10.6 Å². The van der Waals surface area contributed by atoms with E-state index in [1.165, 1.54) is 0 Å². The van der Waals surface area contributed by atoms with Crippen molar-refractivity contribution < 1.29 is 27.9 Å². The molecular formula is C12H22N2O6S. The zero-order valence-corrected chi connectivity index (χ0v) is 13.0. The Kier molecular flexibility index (Phi) is 6.41. The van der Waals surface area contributed by atoms with Crippen LogP contribution in [-0.2, 0) is 19.4 Å². The summed E-state index contributed by atoms with van der Waals surface area (Å²) in [5, 5.41) is 14.0. The van der Waals surface area contributed by atoms with E-state index in [-0.39, 0.29) is 24.3 Å². The Balaban J connectivity index is 2.46. The Morgan fingerprint density at radius 3 is 2.62 bits per heavy atom. The average molecular weight is 322 g/mol. The van der Waals surface area contributed by atoms with Gasteiger partial charge in [-0.05, 0) is 26.2 Å². The first-order valence-corrected chi connectivity index (χ1v) is 8.82. The van der Waals surface area contributed by atoms with Crippen molar-refractivity contribution in [3.63, 3.8) is 0 Å². The van der Waals surface area contributed by atoms with Crippen LogP contribution >= 0.6 is 0 Å². The molecule has 21 heavy (non-hydrogen) atoms. The van der Waals surface area contributed by atoms with Crippen LogP contribution in [0.2, 0.25) is 0 Å². The van der Waals surface area contributed by atoms with Crippen molar-refractivity contribution >= 4 is 21.8 Å². The van der Waals surface area contributed by atoms with E-state index in [1.54, 1.807) is 0 Å². The van der Waals surface area contributed by atoms with E-state index in [0.717, 1.165) is 6.26 Å². The number of amides is 2. The maximum atomic E-state index is 11.8. The first-order chi connectivity index (χ1) is 9.67. The summed E-state index contributed by atoms with van der Waals surface area (Å²) < 4.78 is 27.5. The highest BCUT2D eigenvalue weighted by Gasteiger charge is 2.25. The summed E-state index contributed by atoms with van der Waals surface area (Å²) in [6.07, 6.45) is 2.23. The molecule has 8 nitrogen and oxygen atoms in total.